The van der Waals surface area contributed by atoms with Crippen molar-refractivity contribution in [1.82, 2.24) is 15.0 Å². The molecule has 0 N–H and O–H groups in total. The van der Waals surface area contributed by atoms with Crippen LogP contribution in [0.5, 0.6) is 0 Å². The molecule has 4 atom stereocenters. The van der Waals surface area contributed by atoms with E-state index in [9.17, 15) is 0 Å². The summed E-state index contributed by atoms with van der Waals surface area (Å²) in [7, 11) is 0. The molecule has 4 rings (SSSR count). The minimum atomic E-state index is -0.672. The molecule has 0 unspecified atom stereocenters. The monoisotopic (exact) mass is 401 g/mol. The first kappa shape index (κ1) is 20.5. The largest absolute Gasteiger partial charge is 0.368 e. The van der Waals surface area contributed by atoms with Crippen LogP contribution in [-0.2, 0) is 38.5 Å². The van der Waals surface area contributed by atoms with Crippen LogP contribution in [0.25, 0.3) is 0 Å². The van der Waals surface area contributed by atoms with E-state index in [2.05, 4.69) is 29.4 Å². The molecule has 1 aromatic heterocycles. The maximum absolute atomic E-state index is 6.28. The number of aryl methyl sites for hydroxylation is 1. The molecule has 3 heterocycles. The first-order chi connectivity index (χ1) is 14.0. The van der Waals surface area contributed by atoms with E-state index < -0.39 is 12.1 Å². The van der Waals surface area contributed by atoms with Gasteiger partial charge in [-0.1, -0.05) is 55.3 Å². The van der Waals surface area contributed by atoms with Crippen LogP contribution in [0.1, 0.15) is 51.3 Å². The summed E-state index contributed by atoms with van der Waals surface area (Å²) in [4.78, 5) is 0. The average molecular weight is 402 g/mol. The first-order valence-corrected chi connectivity index (χ1v) is 10.6. The van der Waals surface area contributed by atoms with Gasteiger partial charge in [-0.2, -0.15) is 0 Å². The van der Waals surface area contributed by atoms with Crippen LogP contribution in [0.15, 0.2) is 36.5 Å². The van der Waals surface area contributed by atoms with Gasteiger partial charge in [0.15, 0.2) is 12.1 Å². The van der Waals surface area contributed by atoms with E-state index in [0.717, 1.165) is 24.1 Å². The van der Waals surface area contributed by atoms with Crippen LogP contribution in [-0.4, -0.2) is 45.4 Å². The number of unbranched alkanes of at least 4 members (excludes halogenated alkanes) is 2. The van der Waals surface area contributed by atoms with Crippen LogP contribution in [0.3, 0.4) is 0 Å². The van der Waals surface area contributed by atoms with Gasteiger partial charge < -0.3 is 18.9 Å². The highest BCUT2D eigenvalue weighted by molar-refractivity contribution is 5.13. The second-order valence-corrected chi connectivity index (χ2v) is 8.29. The second kappa shape index (κ2) is 8.92. The van der Waals surface area contributed by atoms with Crippen molar-refractivity contribution in [2.24, 2.45) is 0 Å². The number of hydrogen-bond donors (Lipinski definition) is 0. The lowest BCUT2D eigenvalue weighted by molar-refractivity contribution is -0.220. The van der Waals surface area contributed by atoms with Gasteiger partial charge in [0.25, 0.3) is 0 Å². The quantitative estimate of drug-likeness (QED) is 0.600. The van der Waals surface area contributed by atoms with Crippen LogP contribution in [0.4, 0.5) is 0 Å². The normalized spacial score (nSPS) is 28.0. The van der Waals surface area contributed by atoms with E-state index in [1.165, 1.54) is 12.8 Å². The minimum Gasteiger partial charge on any atom is -0.368 e. The molecule has 0 radical (unpaired) electrons. The zero-order valence-corrected chi connectivity index (χ0v) is 17.5. The molecule has 158 valence electrons. The summed E-state index contributed by atoms with van der Waals surface area (Å²) in [6.07, 6.45) is 5.37. The molecule has 0 spiro atoms. The molecule has 0 amide bonds. The van der Waals surface area contributed by atoms with Crippen LogP contribution in [0.2, 0.25) is 0 Å². The Kier molecular flexibility index (Phi) is 6.29. The Labute approximate surface area is 172 Å². The summed E-state index contributed by atoms with van der Waals surface area (Å²) < 4.78 is 26.3. The number of rotatable bonds is 9. The highest BCUT2D eigenvalue weighted by Gasteiger charge is 2.55. The van der Waals surface area contributed by atoms with Crippen molar-refractivity contribution in [3.05, 3.63) is 47.8 Å². The van der Waals surface area contributed by atoms with E-state index in [1.807, 2.05) is 42.9 Å². The predicted octanol–water partition coefficient (Wildman–Crippen LogP) is 3.47. The summed E-state index contributed by atoms with van der Waals surface area (Å²) in [6, 6.07) is 10.1. The second-order valence-electron chi connectivity index (χ2n) is 8.29. The molecule has 7 nitrogen and oxygen atoms in total. The molecule has 2 saturated heterocycles. The van der Waals surface area contributed by atoms with Crippen molar-refractivity contribution in [3.63, 3.8) is 0 Å². The van der Waals surface area contributed by atoms with Gasteiger partial charge in [-0.3, -0.25) is 0 Å². The highest BCUT2D eigenvalue weighted by Crippen LogP contribution is 2.39. The average Bonchev–Trinajstić information content (AvgIpc) is 3.34. The zero-order valence-electron chi connectivity index (χ0n) is 17.5. The molecule has 2 fully saturated rings. The molecule has 29 heavy (non-hydrogen) atoms. The lowest BCUT2D eigenvalue weighted by Gasteiger charge is -2.26. The number of fused-ring (bicyclic) bond motifs is 1. The molecular weight excluding hydrogens is 370 g/mol. The number of nitrogens with zero attached hydrogens (tertiary/aromatic N) is 3. The maximum Gasteiger partial charge on any atom is 0.190 e. The third kappa shape index (κ3) is 5.04. The Hall–Kier alpha value is -1.80. The fraction of sp³-hybridized carbons (Fsp3) is 0.636. The van der Waals surface area contributed by atoms with Gasteiger partial charge in [-0.05, 0) is 32.3 Å². The molecule has 1 aromatic carbocycles. The Balaban J connectivity index is 1.42. The molecule has 7 heteroatoms. The smallest absolute Gasteiger partial charge is 0.190 e. The Morgan fingerprint density at radius 1 is 1.14 bits per heavy atom. The van der Waals surface area contributed by atoms with Gasteiger partial charge in [0.2, 0.25) is 0 Å². The molecule has 2 aromatic rings. The van der Waals surface area contributed by atoms with Crippen molar-refractivity contribution in [1.29, 1.82) is 0 Å². The fourth-order valence-electron chi connectivity index (χ4n) is 3.94. The van der Waals surface area contributed by atoms with Gasteiger partial charge in [0, 0.05) is 6.20 Å². The predicted molar refractivity (Wildman–Crippen MR) is 107 cm³/mol. The Morgan fingerprint density at radius 3 is 2.76 bits per heavy atom. The summed E-state index contributed by atoms with van der Waals surface area (Å²) >= 11 is 0. The van der Waals surface area contributed by atoms with Crippen molar-refractivity contribution < 1.29 is 18.9 Å². The maximum atomic E-state index is 6.28. The molecule has 0 aliphatic carbocycles. The highest BCUT2D eigenvalue weighted by atomic mass is 16.8. The van der Waals surface area contributed by atoms with Crippen LogP contribution < -0.4 is 0 Å². The van der Waals surface area contributed by atoms with Gasteiger partial charge in [0.05, 0.1) is 18.8 Å². The molecular formula is C22H31N3O4. The summed E-state index contributed by atoms with van der Waals surface area (Å²) in [5.74, 6) is -0.672. The summed E-state index contributed by atoms with van der Waals surface area (Å²) in [6.45, 7) is 7.06. The molecule has 0 saturated carbocycles. The van der Waals surface area contributed by atoms with E-state index >= 15 is 0 Å². The van der Waals surface area contributed by atoms with Gasteiger partial charge in [-0.25, -0.2) is 4.68 Å². The third-order valence-corrected chi connectivity index (χ3v) is 5.36. The lowest BCUT2D eigenvalue weighted by Crippen LogP contribution is -2.38. The van der Waals surface area contributed by atoms with Crippen LogP contribution in [0, 0.1) is 0 Å². The van der Waals surface area contributed by atoms with E-state index in [0.29, 0.717) is 13.2 Å². The summed E-state index contributed by atoms with van der Waals surface area (Å²) in [5, 5.41) is 8.58. The van der Waals surface area contributed by atoms with E-state index in [4.69, 9.17) is 18.9 Å². The summed E-state index contributed by atoms with van der Waals surface area (Å²) in [5.41, 5.74) is 2.14. The third-order valence-electron chi connectivity index (χ3n) is 5.36. The van der Waals surface area contributed by atoms with Crippen molar-refractivity contribution in [2.45, 2.75) is 90.0 Å². The Morgan fingerprint density at radius 2 is 1.97 bits per heavy atom. The topological polar surface area (TPSA) is 67.6 Å². The Bertz CT molecular complexity index is 779. The van der Waals surface area contributed by atoms with E-state index in [-0.39, 0.29) is 18.3 Å². The SMILES string of the molecule is CCCCCc1cn(C[C@H]2O[C@@H]3OC(C)(C)O[C@@H]3[C@H]2OCc2ccccc2)nn1. The van der Waals surface area contributed by atoms with Crippen molar-refractivity contribution in [3.8, 4) is 0 Å². The fourth-order valence-corrected chi connectivity index (χ4v) is 3.94. The van der Waals surface area contributed by atoms with Crippen LogP contribution >= 0.6 is 0 Å². The molecule has 2 aliphatic rings. The number of hydrogen-bond acceptors (Lipinski definition) is 6. The van der Waals surface area contributed by atoms with Crippen molar-refractivity contribution in [2.75, 3.05) is 0 Å². The van der Waals surface area contributed by atoms with Gasteiger partial charge in [-0.15, -0.1) is 5.10 Å². The van der Waals surface area contributed by atoms with Crippen molar-refractivity contribution >= 4 is 0 Å². The number of ether oxygens (including phenoxy) is 4. The van der Waals surface area contributed by atoms with Gasteiger partial charge in [0.1, 0.15) is 18.3 Å². The number of aromatic nitrogens is 3. The molecule has 0 bridgehead atoms. The molecule has 2 aliphatic heterocycles. The minimum absolute atomic E-state index is 0.213. The van der Waals surface area contributed by atoms with Gasteiger partial charge >= 0.3 is 0 Å². The standard InChI is InChI=1S/C22H31N3O4/c1-4-5-7-12-17-13-25(24-23-17)14-18-19(26-15-16-10-8-6-9-11-16)20-21(27-18)29-22(2,3)28-20/h6,8-11,13,18-21H,4-5,7,12,14-15H2,1-3H3/t18-,19+,20-,21-/m1/s1. The number of benzene rings is 1. The lowest BCUT2D eigenvalue weighted by atomic mass is 10.1. The first-order valence-electron chi connectivity index (χ1n) is 10.6. The van der Waals surface area contributed by atoms with E-state index in [1.54, 1.807) is 0 Å². The zero-order chi connectivity index (χ0) is 20.3.